The summed E-state index contributed by atoms with van der Waals surface area (Å²) >= 11 is 0. The van der Waals surface area contributed by atoms with Crippen LogP contribution in [-0.4, -0.2) is 58.5 Å². The summed E-state index contributed by atoms with van der Waals surface area (Å²) in [5, 5.41) is 9.82. The van der Waals surface area contributed by atoms with Crippen LogP contribution in [0.2, 0.25) is 0 Å². The predicted molar refractivity (Wildman–Crippen MR) is 96.2 cm³/mol. The molecular weight excluding hydrogens is 316 g/mol. The van der Waals surface area contributed by atoms with Gasteiger partial charge in [-0.2, -0.15) is 0 Å². The lowest BCUT2D eigenvalue weighted by atomic mass is 9.74. The molecule has 2 aliphatic heterocycles. The standard InChI is InChI=1S/C20H28N2O3/c1-15-6-4-5-7-17(15)18(25)21-10-8-20(9-11-21)12-19(3,14-23)22(13-20)16(2)24/h4-7,23H,8-14H2,1-3H3. The Hall–Kier alpha value is -1.88. The molecule has 1 N–H and O–H groups in total. The zero-order valence-corrected chi connectivity index (χ0v) is 15.4. The summed E-state index contributed by atoms with van der Waals surface area (Å²) in [6, 6.07) is 7.70. The van der Waals surface area contributed by atoms with Crippen molar-refractivity contribution in [3.05, 3.63) is 35.4 Å². The lowest BCUT2D eigenvalue weighted by Gasteiger charge is -2.39. The fraction of sp³-hybridized carbons (Fsp3) is 0.600. The van der Waals surface area contributed by atoms with Crippen molar-refractivity contribution >= 4 is 11.8 Å². The fourth-order valence-electron chi connectivity index (χ4n) is 4.62. The molecule has 2 saturated heterocycles. The van der Waals surface area contributed by atoms with Crippen LogP contribution in [0.5, 0.6) is 0 Å². The average molecular weight is 344 g/mol. The van der Waals surface area contributed by atoms with Gasteiger partial charge in [-0.15, -0.1) is 0 Å². The van der Waals surface area contributed by atoms with Gasteiger partial charge in [0.05, 0.1) is 12.1 Å². The third-order valence-electron chi connectivity index (χ3n) is 6.11. The molecule has 0 aromatic heterocycles. The highest BCUT2D eigenvalue weighted by Crippen LogP contribution is 2.48. The van der Waals surface area contributed by atoms with E-state index in [1.165, 1.54) is 0 Å². The van der Waals surface area contributed by atoms with Gasteiger partial charge in [0.15, 0.2) is 0 Å². The molecule has 136 valence electrons. The van der Waals surface area contributed by atoms with Gasteiger partial charge in [-0.05, 0) is 50.2 Å². The summed E-state index contributed by atoms with van der Waals surface area (Å²) < 4.78 is 0. The minimum atomic E-state index is -0.478. The van der Waals surface area contributed by atoms with E-state index in [1.807, 2.05) is 47.9 Å². The smallest absolute Gasteiger partial charge is 0.254 e. The molecule has 0 bridgehead atoms. The van der Waals surface area contributed by atoms with Crippen molar-refractivity contribution in [2.45, 2.75) is 45.6 Å². The molecule has 25 heavy (non-hydrogen) atoms. The van der Waals surface area contributed by atoms with Gasteiger partial charge in [0, 0.05) is 32.1 Å². The van der Waals surface area contributed by atoms with Gasteiger partial charge >= 0.3 is 0 Å². The van der Waals surface area contributed by atoms with Gasteiger partial charge in [-0.1, -0.05) is 18.2 Å². The van der Waals surface area contributed by atoms with E-state index in [0.29, 0.717) is 19.6 Å². The maximum absolute atomic E-state index is 12.8. The number of hydrogen-bond donors (Lipinski definition) is 1. The number of aliphatic hydroxyl groups excluding tert-OH is 1. The van der Waals surface area contributed by atoms with Crippen LogP contribution in [0.15, 0.2) is 24.3 Å². The van der Waals surface area contributed by atoms with Crippen LogP contribution < -0.4 is 0 Å². The Bertz CT molecular complexity index is 679. The van der Waals surface area contributed by atoms with Crippen LogP contribution in [0.1, 0.15) is 49.0 Å². The van der Waals surface area contributed by atoms with E-state index < -0.39 is 5.54 Å². The van der Waals surface area contributed by atoms with Crippen molar-refractivity contribution in [3.8, 4) is 0 Å². The molecule has 2 amide bonds. The monoisotopic (exact) mass is 344 g/mol. The van der Waals surface area contributed by atoms with E-state index in [1.54, 1.807) is 6.92 Å². The van der Waals surface area contributed by atoms with Crippen molar-refractivity contribution in [1.82, 2.24) is 9.80 Å². The Morgan fingerprint density at radius 3 is 2.36 bits per heavy atom. The molecule has 1 spiro atoms. The molecule has 5 nitrogen and oxygen atoms in total. The topological polar surface area (TPSA) is 60.9 Å². The number of aryl methyl sites for hydroxylation is 1. The summed E-state index contributed by atoms with van der Waals surface area (Å²) in [5.74, 6) is 0.117. The number of amides is 2. The Morgan fingerprint density at radius 1 is 1.20 bits per heavy atom. The molecule has 5 heteroatoms. The molecule has 1 aromatic rings. The molecule has 2 fully saturated rings. The van der Waals surface area contributed by atoms with Gasteiger partial charge in [0.1, 0.15) is 0 Å². The summed E-state index contributed by atoms with van der Waals surface area (Å²) in [6.45, 7) is 7.59. The number of nitrogens with zero attached hydrogens (tertiary/aromatic N) is 2. The van der Waals surface area contributed by atoms with Crippen LogP contribution in [-0.2, 0) is 4.79 Å². The van der Waals surface area contributed by atoms with Crippen LogP contribution in [0.4, 0.5) is 0 Å². The lowest BCUT2D eigenvalue weighted by Crippen LogP contribution is -2.46. The SMILES string of the molecule is CC(=O)N1CC2(CCN(C(=O)c3ccccc3C)CC2)CC1(C)CO. The highest BCUT2D eigenvalue weighted by Gasteiger charge is 2.52. The summed E-state index contributed by atoms with van der Waals surface area (Å²) in [4.78, 5) is 28.5. The molecular formula is C20H28N2O3. The molecule has 1 aromatic carbocycles. The van der Waals surface area contributed by atoms with E-state index in [0.717, 1.165) is 30.4 Å². The van der Waals surface area contributed by atoms with Crippen molar-refractivity contribution in [3.63, 3.8) is 0 Å². The number of likely N-dealkylation sites (tertiary alicyclic amines) is 2. The Kier molecular flexibility index (Phi) is 4.62. The summed E-state index contributed by atoms with van der Waals surface area (Å²) in [7, 11) is 0. The fourth-order valence-corrected chi connectivity index (χ4v) is 4.62. The van der Waals surface area contributed by atoms with Crippen molar-refractivity contribution in [2.75, 3.05) is 26.2 Å². The second-order valence-electron chi connectivity index (χ2n) is 8.04. The van der Waals surface area contributed by atoms with E-state index in [4.69, 9.17) is 0 Å². The van der Waals surface area contributed by atoms with E-state index >= 15 is 0 Å². The minimum Gasteiger partial charge on any atom is -0.394 e. The first-order chi connectivity index (χ1) is 11.8. The maximum atomic E-state index is 12.8. The number of hydrogen-bond acceptors (Lipinski definition) is 3. The predicted octanol–water partition coefficient (Wildman–Crippen LogP) is 2.22. The Morgan fingerprint density at radius 2 is 1.84 bits per heavy atom. The second-order valence-corrected chi connectivity index (χ2v) is 8.04. The number of piperidine rings is 1. The van der Waals surface area contributed by atoms with Gasteiger partial charge in [-0.3, -0.25) is 9.59 Å². The maximum Gasteiger partial charge on any atom is 0.254 e. The van der Waals surface area contributed by atoms with Gasteiger partial charge in [0.2, 0.25) is 5.91 Å². The zero-order valence-electron chi connectivity index (χ0n) is 15.4. The van der Waals surface area contributed by atoms with Crippen LogP contribution in [0.25, 0.3) is 0 Å². The first-order valence-electron chi connectivity index (χ1n) is 9.04. The lowest BCUT2D eigenvalue weighted by molar-refractivity contribution is -0.134. The Labute approximate surface area is 149 Å². The molecule has 2 heterocycles. The van der Waals surface area contributed by atoms with Crippen LogP contribution >= 0.6 is 0 Å². The summed E-state index contributed by atoms with van der Waals surface area (Å²) in [5.41, 5.74) is 1.32. The minimum absolute atomic E-state index is 0.0137. The summed E-state index contributed by atoms with van der Waals surface area (Å²) in [6.07, 6.45) is 2.57. The normalized spacial score (nSPS) is 25.4. The van der Waals surface area contributed by atoms with E-state index in [9.17, 15) is 14.7 Å². The van der Waals surface area contributed by atoms with Crippen molar-refractivity contribution < 1.29 is 14.7 Å². The van der Waals surface area contributed by atoms with Gasteiger partial charge in [-0.25, -0.2) is 0 Å². The molecule has 0 aliphatic carbocycles. The third kappa shape index (κ3) is 3.17. The molecule has 2 aliphatic rings. The van der Waals surface area contributed by atoms with Crippen LogP contribution in [0, 0.1) is 12.3 Å². The highest BCUT2D eigenvalue weighted by molar-refractivity contribution is 5.95. The van der Waals surface area contributed by atoms with Gasteiger partial charge in [0.25, 0.3) is 5.91 Å². The first-order valence-corrected chi connectivity index (χ1v) is 9.04. The third-order valence-corrected chi connectivity index (χ3v) is 6.11. The number of aliphatic hydroxyl groups is 1. The number of carbonyl (C=O) groups is 2. The second kappa shape index (κ2) is 6.45. The van der Waals surface area contributed by atoms with Crippen molar-refractivity contribution in [2.24, 2.45) is 5.41 Å². The highest BCUT2D eigenvalue weighted by atomic mass is 16.3. The zero-order chi connectivity index (χ0) is 18.2. The van der Waals surface area contributed by atoms with Crippen LogP contribution in [0.3, 0.4) is 0 Å². The number of benzene rings is 1. The Balaban J connectivity index is 1.71. The largest absolute Gasteiger partial charge is 0.394 e. The van der Waals surface area contributed by atoms with Crippen molar-refractivity contribution in [1.29, 1.82) is 0 Å². The van der Waals surface area contributed by atoms with E-state index in [-0.39, 0.29) is 23.8 Å². The van der Waals surface area contributed by atoms with Gasteiger partial charge < -0.3 is 14.9 Å². The molecule has 3 rings (SSSR count). The molecule has 0 saturated carbocycles. The molecule has 1 unspecified atom stereocenters. The number of rotatable bonds is 2. The molecule has 1 atom stereocenters. The first kappa shape index (κ1) is 17.9. The number of carbonyl (C=O) groups excluding carboxylic acids is 2. The quantitative estimate of drug-likeness (QED) is 0.895. The molecule has 0 radical (unpaired) electrons. The average Bonchev–Trinajstić information content (AvgIpc) is 2.89. The van der Waals surface area contributed by atoms with E-state index in [2.05, 4.69) is 0 Å².